The zero-order valence-corrected chi connectivity index (χ0v) is 5.76. The standard InChI is InChI=1S/C7H9NO2/c1-7(4-8)5(9)2-3-6(7)10/h2-3H,4,8H2,1H3. The second-order valence-corrected chi connectivity index (χ2v) is 2.60. The summed E-state index contributed by atoms with van der Waals surface area (Å²) in [7, 11) is 0. The second kappa shape index (κ2) is 2.02. The lowest BCUT2D eigenvalue weighted by Gasteiger charge is -2.16. The highest BCUT2D eigenvalue weighted by Gasteiger charge is 2.40. The van der Waals surface area contributed by atoms with Gasteiger partial charge in [-0.25, -0.2) is 0 Å². The van der Waals surface area contributed by atoms with Crippen LogP contribution in [0.15, 0.2) is 12.2 Å². The molecule has 1 aliphatic carbocycles. The van der Waals surface area contributed by atoms with Crippen molar-refractivity contribution in [3.05, 3.63) is 12.2 Å². The van der Waals surface area contributed by atoms with E-state index in [0.29, 0.717) is 0 Å². The molecular weight excluding hydrogens is 130 g/mol. The van der Waals surface area contributed by atoms with Crippen molar-refractivity contribution in [2.24, 2.45) is 11.1 Å². The molecule has 0 aromatic carbocycles. The summed E-state index contributed by atoms with van der Waals surface area (Å²) < 4.78 is 0. The van der Waals surface area contributed by atoms with Crippen LogP contribution in [0.2, 0.25) is 0 Å². The van der Waals surface area contributed by atoms with Crippen molar-refractivity contribution in [2.45, 2.75) is 6.92 Å². The highest BCUT2D eigenvalue weighted by atomic mass is 16.2. The van der Waals surface area contributed by atoms with Crippen LogP contribution in [-0.4, -0.2) is 18.1 Å². The first-order valence-corrected chi connectivity index (χ1v) is 3.08. The van der Waals surface area contributed by atoms with Crippen molar-refractivity contribution in [3.63, 3.8) is 0 Å². The van der Waals surface area contributed by atoms with E-state index in [1.165, 1.54) is 12.2 Å². The summed E-state index contributed by atoms with van der Waals surface area (Å²) in [5.41, 5.74) is 4.31. The van der Waals surface area contributed by atoms with E-state index in [-0.39, 0.29) is 18.1 Å². The SMILES string of the molecule is CC1(CN)C(=O)C=CC1=O. The number of nitrogens with two attached hydrogens (primary N) is 1. The van der Waals surface area contributed by atoms with Crippen LogP contribution in [0.25, 0.3) is 0 Å². The monoisotopic (exact) mass is 139 g/mol. The Balaban J connectivity index is 2.98. The first-order chi connectivity index (χ1) is 4.61. The Bertz CT molecular complexity index is 200. The van der Waals surface area contributed by atoms with Crippen molar-refractivity contribution in [1.82, 2.24) is 0 Å². The number of rotatable bonds is 1. The minimum atomic E-state index is -0.958. The predicted molar refractivity (Wildman–Crippen MR) is 36.3 cm³/mol. The van der Waals surface area contributed by atoms with Crippen LogP contribution in [-0.2, 0) is 9.59 Å². The lowest BCUT2D eigenvalue weighted by atomic mass is 9.86. The molecule has 0 aromatic heterocycles. The largest absolute Gasteiger partial charge is 0.329 e. The summed E-state index contributed by atoms with van der Waals surface area (Å²) in [6.07, 6.45) is 2.57. The maximum Gasteiger partial charge on any atom is 0.170 e. The van der Waals surface area contributed by atoms with Gasteiger partial charge in [0.1, 0.15) is 5.41 Å². The average Bonchev–Trinajstić information content (AvgIpc) is 2.18. The van der Waals surface area contributed by atoms with Crippen molar-refractivity contribution in [3.8, 4) is 0 Å². The molecule has 54 valence electrons. The molecule has 0 atom stereocenters. The molecule has 10 heavy (non-hydrogen) atoms. The average molecular weight is 139 g/mol. The number of hydrogen-bond donors (Lipinski definition) is 1. The lowest BCUT2D eigenvalue weighted by Crippen LogP contribution is -2.37. The molecule has 0 heterocycles. The van der Waals surface area contributed by atoms with Gasteiger partial charge in [-0.15, -0.1) is 0 Å². The fourth-order valence-corrected chi connectivity index (χ4v) is 0.842. The summed E-state index contributed by atoms with van der Waals surface area (Å²) in [5.74, 6) is -0.361. The third-order valence-corrected chi connectivity index (χ3v) is 1.88. The molecule has 0 bridgehead atoms. The number of carbonyl (C=O) groups is 2. The molecule has 0 unspecified atom stereocenters. The summed E-state index contributed by atoms with van der Waals surface area (Å²) in [6, 6.07) is 0. The Morgan fingerprint density at radius 2 is 1.80 bits per heavy atom. The van der Waals surface area contributed by atoms with Gasteiger partial charge in [0.05, 0.1) is 0 Å². The van der Waals surface area contributed by atoms with Crippen LogP contribution in [0.1, 0.15) is 6.92 Å². The first-order valence-electron chi connectivity index (χ1n) is 3.08. The topological polar surface area (TPSA) is 60.2 Å². The quantitative estimate of drug-likeness (QED) is 0.505. The normalized spacial score (nSPS) is 22.2. The molecule has 0 spiro atoms. The molecular formula is C7H9NO2. The lowest BCUT2D eigenvalue weighted by molar-refractivity contribution is -0.131. The molecule has 3 nitrogen and oxygen atoms in total. The number of carbonyl (C=O) groups excluding carboxylic acids is 2. The van der Waals surface area contributed by atoms with E-state index in [0.717, 1.165) is 0 Å². The van der Waals surface area contributed by atoms with Gasteiger partial charge in [-0.3, -0.25) is 9.59 Å². The third kappa shape index (κ3) is 0.708. The van der Waals surface area contributed by atoms with Gasteiger partial charge in [0.25, 0.3) is 0 Å². The Hall–Kier alpha value is -0.960. The molecule has 0 saturated heterocycles. The van der Waals surface area contributed by atoms with Crippen LogP contribution in [0.3, 0.4) is 0 Å². The van der Waals surface area contributed by atoms with Crippen LogP contribution in [0.5, 0.6) is 0 Å². The van der Waals surface area contributed by atoms with E-state index in [9.17, 15) is 9.59 Å². The minimum absolute atomic E-state index is 0.0949. The zero-order valence-electron chi connectivity index (χ0n) is 5.76. The van der Waals surface area contributed by atoms with E-state index in [1.807, 2.05) is 0 Å². The Morgan fingerprint density at radius 3 is 2.00 bits per heavy atom. The zero-order chi connectivity index (χ0) is 7.78. The van der Waals surface area contributed by atoms with Crippen LogP contribution >= 0.6 is 0 Å². The van der Waals surface area contributed by atoms with Gasteiger partial charge in [-0.2, -0.15) is 0 Å². The van der Waals surface area contributed by atoms with Gasteiger partial charge < -0.3 is 5.73 Å². The Morgan fingerprint density at radius 1 is 1.40 bits per heavy atom. The maximum atomic E-state index is 10.9. The number of ketones is 2. The number of hydrogen-bond acceptors (Lipinski definition) is 3. The van der Waals surface area contributed by atoms with Gasteiger partial charge in [0.15, 0.2) is 11.6 Å². The summed E-state index contributed by atoms with van der Waals surface area (Å²) in [6.45, 7) is 1.66. The van der Waals surface area contributed by atoms with Gasteiger partial charge in [-0.05, 0) is 19.1 Å². The van der Waals surface area contributed by atoms with Crippen LogP contribution in [0.4, 0.5) is 0 Å². The fraction of sp³-hybridized carbons (Fsp3) is 0.429. The van der Waals surface area contributed by atoms with E-state index in [2.05, 4.69) is 0 Å². The molecule has 3 heteroatoms. The van der Waals surface area contributed by atoms with Crippen molar-refractivity contribution in [2.75, 3.05) is 6.54 Å². The summed E-state index contributed by atoms with van der Waals surface area (Å²) in [4.78, 5) is 21.9. The molecule has 0 aliphatic heterocycles. The van der Waals surface area contributed by atoms with E-state index in [1.54, 1.807) is 6.92 Å². The highest BCUT2D eigenvalue weighted by Crippen LogP contribution is 2.23. The fourth-order valence-electron chi connectivity index (χ4n) is 0.842. The molecule has 2 N–H and O–H groups in total. The van der Waals surface area contributed by atoms with Crippen LogP contribution < -0.4 is 5.73 Å². The van der Waals surface area contributed by atoms with Crippen molar-refractivity contribution >= 4 is 11.6 Å². The first kappa shape index (κ1) is 7.15. The molecule has 0 radical (unpaired) electrons. The minimum Gasteiger partial charge on any atom is -0.329 e. The summed E-state index contributed by atoms with van der Waals surface area (Å²) >= 11 is 0. The Kier molecular flexibility index (Phi) is 1.45. The smallest absolute Gasteiger partial charge is 0.170 e. The Labute approximate surface area is 58.9 Å². The summed E-state index contributed by atoms with van der Waals surface area (Å²) in [5, 5.41) is 0. The van der Waals surface area contributed by atoms with Crippen molar-refractivity contribution in [1.29, 1.82) is 0 Å². The molecule has 0 saturated carbocycles. The molecule has 0 aromatic rings. The van der Waals surface area contributed by atoms with E-state index < -0.39 is 5.41 Å². The molecule has 1 aliphatic rings. The predicted octanol–water partition coefficient (Wildman–Crippen LogP) is -0.341. The second-order valence-electron chi connectivity index (χ2n) is 2.60. The maximum absolute atomic E-state index is 10.9. The molecule has 0 fully saturated rings. The molecule has 0 amide bonds. The molecule has 1 rings (SSSR count). The van der Waals surface area contributed by atoms with Gasteiger partial charge >= 0.3 is 0 Å². The van der Waals surface area contributed by atoms with Crippen molar-refractivity contribution < 1.29 is 9.59 Å². The number of allylic oxidation sites excluding steroid dienone is 2. The highest BCUT2D eigenvalue weighted by molar-refractivity contribution is 6.22. The third-order valence-electron chi connectivity index (χ3n) is 1.88. The van der Waals surface area contributed by atoms with Gasteiger partial charge in [0, 0.05) is 6.54 Å². The van der Waals surface area contributed by atoms with E-state index >= 15 is 0 Å². The van der Waals surface area contributed by atoms with Gasteiger partial charge in [-0.1, -0.05) is 0 Å². The van der Waals surface area contributed by atoms with Crippen LogP contribution in [0, 0.1) is 5.41 Å². The van der Waals surface area contributed by atoms with E-state index in [4.69, 9.17) is 5.73 Å². The van der Waals surface area contributed by atoms with Gasteiger partial charge in [0.2, 0.25) is 0 Å².